The number of nitrogens with one attached hydrogen (secondary N) is 1. The molecule has 0 saturated carbocycles. The van der Waals surface area contributed by atoms with Crippen molar-refractivity contribution in [2.75, 3.05) is 25.2 Å². The van der Waals surface area contributed by atoms with Crippen LogP contribution in [0.2, 0.25) is 0 Å². The van der Waals surface area contributed by atoms with Crippen LogP contribution >= 0.6 is 0 Å². The molecular formula is C15H25NO3S. The van der Waals surface area contributed by atoms with Crippen LogP contribution in [0.5, 0.6) is 5.75 Å². The number of sulfone groups is 1. The number of hydrogen-bond donors (Lipinski definition) is 1. The molecule has 0 aliphatic heterocycles. The first kappa shape index (κ1) is 17.0. The van der Waals surface area contributed by atoms with Gasteiger partial charge in [-0.2, -0.15) is 0 Å². The maximum Gasteiger partial charge on any atom is 0.148 e. The summed E-state index contributed by atoms with van der Waals surface area (Å²) < 4.78 is 27.6. The van der Waals surface area contributed by atoms with Gasteiger partial charge in [0.05, 0.1) is 12.4 Å². The Bertz CT molecular complexity index is 468. The summed E-state index contributed by atoms with van der Waals surface area (Å²) in [7, 11) is -2.88. The molecule has 114 valence electrons. The van der Waals surface area contributed by atoms with Gasteiger partial charge in [0.25, 0.3) is 0 Å². The van der Waals surface area contributed by atoms with Gasteiger partial charge in [0.1, 0.15) is 15.6 Å². The predicted molar refractivity (Wildman–Crippen MR) is 82.9 cm³/mol. The second-order valence-electron chi connectivity index (χ2n) is 5.01. The molecule has 0 spiro atoms. The van der Waals surface area contributed by atoms with Crippen LogP contribution < -0.4 is 10.1 Å². The first-order valence-corrected chi connectivity index (χ1v) is 9.17. The first-order chi connectivity index (χ1) is 9.51. The second kappa shape index (κ2) is 8.97. The lowest BCUT2D eigenvalue weighted by atomic mass is 10.2. The fourth-order valence-electron chi connectivity index (χ4n) is 1.74. The molecule has 0 aliphatic rings. The normalized spacial score (nSPS) is 11.5. The molecule has 0 amide bonds. The van der Waals surface area contributed by atoms with E-state index in [9.17, 15) is 8.42 Å². The minimum atomic E-state index is -2.88. The van der Waals surface area contributed by atoms with Gasteiger partial charge >= 0.3 is 0 Å². The third-order valence-corrected chi connectivity index (χ3v) is 3.86. The molecule has 1 aromatic carbocycles. The van der Waals surface area contributed by atoms with E-state index in [0.717, 1.165) is 24.3 Å². The van der Waals surface area contributed by atoms with Gasteiger partial charge in [-0.05, 0) is 24.1 Å². The van der Waals surface area contributed by atoms with Crippen LogP contribution in [0.1, 0.15) is 31.7 Å². The van der Waals surface area contributed by atoms with Crippen molar-refractivity contribution in [3.05, 3.63) is 29.8 Å². The molecule has 1 aromatic rings. The molecule has 4 nitrogen and oxygen atoms in total. The summed E-state index contributed by atoms with van der Waals surface area (Å²) in [5.41, 5.74) is 1.12. The summed E-state index contributed by atoms with van der Waals surface area (Å²) in [4.78, 5) is 0. The van der Waals surface area contributed by atoms with E-state index in [4.69, 9.17) is 4.74 Å². The lowest BCUT2D eigenvalue weighted by Crippen LogP contribution is -2.21. The summed E-state index contributed by atoms with van der Waals surface area (Å²) in [6.07, 6.45) is 4.73. The highest BCUT2D eigenvalue weighted by Gasteiger charge is 2.01. The number of unbranched alkanes of at least 4 members (excludes halogenated alkanes) is 2. The molecule has 0 heterocycles. The molecule has 0 fully saturated rings. The van der Waals surface area contributed by atoms with E-state index in [1.807, 2.05) is 24.3 Å². The standard InChI is InChI=1S/C15H25NO3S/c1-3-4-5-11-19-15-8-6-14(7-9-15)13-16-10-12-20(2,17)18/h6-9,16H,3-5,10-13H2,1-2H3. The Labute approximate surface area is 122 Å². The van der Waals surface area contributed by atoms with Crippen molar-refractivity contribution in [3.63, 3.8) is 0 Å². The monoisotopic (exact) mass is 299 g/mol. The van der Waals surface area contributed by atoms with E-state index in [-0.39, 0.29) is 5.75 Å². The molecule has 0 unspecified atom stereocenters. The summed E-state index contributed by atoms with van der Waals surface area (Å²) in [6.45, 7) is 4.09. The van der Waals surface area contributed by atoms with Gasteiger partial charge in [-0.1, -0.05) is 31.9 Å². The molecular weight excluding hydrogens is 274 g/mol. The number of hydrogen-bond acceptors (Lipinski definition) is 4. The van der Waals surface area contributed by atoms with Gasteiger partial charge in [-0.25, -0.2) is 8.42 Å². The van der Waals surface area contributed by atoms with Gasteiger partial charge in [0.15, 0.2) is 0 Å². The average Bonchev–Trinajstić information content (AvgIpc) is 2.40. The van der Waals surface area contributed by atoms with Crippen LogP contribution in [0.3, 0.4) is 0 Å². The van der Waals surface area contributed by atoms with E-state index in [1.165, 1.54) is 19.1 Å². The van der Waals surface area contributed by atoms with Gasteiger partial charge in [-0.3, -0.25) is 0 Å². The third-order valence-electron chi connectivity index (χ3n) is 2.92. The number of benzene rings is 1. The van der Waals surface area contributed by atoms with Gasteiger partial charge in [0.2, 0.25) is 0 Å². The van der Waals surface area contributed by atoms with Crippen molar-refractivity contribution in [3.8, 4) is 5.75 Å². The molecule has 1 rings (SSSR count). The Balaban J connectivity index is 2.24. The smallest absolute Gasteiger partial charge is 0.148 e. The van der Waals surface area contributed by atoms with Crippen LogP contribution in [-0.2, 0) is 16.4 Å². The summed E-state index contributed by atoms with van der Waals surface area (Å²) in [5, 5.41) is 3.12. The zero-order valence-electron chi connectivity index (χ0n) is 12.4. The number of rotatable bonds is 10. The third kappa shape index (κ3) is 8.17. The van der Waals surface area contributed by atoms with E-state index in [1.54, 1.807) is 0 Å². The van der Waals surface area contributed by atoms with Crippen molar-refractivity contribution in [2.24, 2.45) is 0 Å². The Kier molecular flexibility index (Phi) is 7.62. The van der Waals surface area contributed by atoms with Crippen molar-refractivity contribution in [2.45, 2.75) is 32.7 Å². The fraction of sp³-hybridized carbons (Fsp3) is 0.600. The van der Waals surface area contributed by atoms with E-state index in [0.29, 0.717) is 13.1 Å². The zero-order valence-corrected chi connectivity index (χ0v) is 13.2. The SMILES string of the molecule is CCCCCOc1ccc(CNCCS(C)(=O)=O)cc1. The fourth-order valence-corrected chi connectivity index (χ4v) is 2.25. The molecule has 0 aliphatic carbocycles. The van der Waals surface area contributed by atoms with E-state index >= 15 is 0 Å². The van der Waals surface area contributed by atoms with Crippen molar-refractivity contribution >= 4 is 9.84 Å². The minimum absolute atomic E-state index is 0.172. The summed E-state index contributed by atoms with van der Waals surface area (Å²) in [6, 6.07) is 7.92. The quantitative estimate of drug-likeness (QED) is 0.674. The molecule has 0 aromatic heterocycles. The second-order valence-corrected chi connectivity index (χ2v) is 7.27. The van der Waals surface area contributed by atoms with Crippen molar-refractivity contribution in [1.29, 1.82) is 0 Å². The average molecular weight is 299 g/mol. The van der Waals surface area contributed by atoms with Crippen molar-refractivity contribution < 1.29 is 13.2 Å². The Morgan fingerprint density at radius 1 is 1.15 bits per heavy atom. The maximum atomic E-state index is 11.0. The summed E-state index contributed by atoms with van der Waals surface area (Å²) in [5.74, 6) is 1.06. The van der Waals surface area contributed by atoms with Crippen LogP contribution in [-0.4, -0.2) is 33.6 Å². The highest BCUT2D eigenvalue weighted by molar-refractivity contribution is 7.90. The van der Waals surface area contributed by atoms with Gasteiger partial charge in [-0.15, -0.1) is 0 Å². The molecule has 0 atom stereocenters. The molecule has 0 radical (unpaired) electrons. The van der Waals surface area contributed by atoms with Crippen LogP contribution in [0.15, 0.2) is 24.3 Å². The highest BCUT2D eigenvalue weighted by atomic mass is 32.2. The molecule has 5 heteroatoms. The van der Waals surface area contributed by atoms with E-state index < -0.39 is 9.84 Å². The Morgan fingerprint density at radius 2 is 1.85 bits per heavy atom. The van der Waals surface area contributed by atoms with Gasteiger partial charge in [0, 0.05) is 19.3 Å². The van der Waals surface area contributed by atoms with Gasteiger partial charge < -0.3 is 10.1 Å². The Hall–Kier alpha value is -1.07. The van der Waals surface area contributed by atoms with Crippen molar-refractivity contribution in [1.82, 2.24) is 5.32 Å². The van der Waals surface area contributed by atoms with E-state index in [2.05, 4.69) is 12.2 Å². The lowest BCUT2D eigenvalue weighted by molar-refractivity contribution is 0.306. The first-order valence-electron chi connectivity index (χ1n) is 7.11. The maximum absolute atomic E-state index is 11.0. The molecule has 20 heavy (non-hydrogen) atoms. The highest BCUT2D eigenvalue weighted by Crippen LogP contribution is 2.12. The van der Waals surface area contributed by atoms with Crippen LogP contribution in [0.4, 0.5) is 0 Å². The number of ether oxygens (including phenoxy) is 1. The largest absolute Gasteiger partial charge is 0.494 e. The Morgan fingerprint density at radius 3 is 2.45 bits per heavy atom. The molecule has 1 N–H and O–H groups in total. The minimum Gasteiger partial charge on any atom is -0.494 e. The van der Waals surface area contributed by atoms with Crippen LogP contribution in [0.25, 0.3) is 0 Å². The predicted octanol–water partition coefficient (Wildman–Crippen LogP) is 2.39. The zero-order chi connectivity index (χ0) is 14.8. The molecule has 0 saturated heterocycles. The van der Waals surface area contributed by atoms with Crippen LogP contribution in [0, 0.1) is 0 Å². The molecule has 0 bridgehead atoms. The lowest BCUT2D eigenvalue weighted by Gasteiger charge is -2.07. The summed E-state index contributed by atoms with van der Waals surface area (Å²) >= 11 is 0. The topological polar surface area (TPSA) is 55.4 Å².